The van der Waals surface area contributed by atoms with Crippen LogP contribution in [0.1, 0.15) is 23.2 Å². The molecule has 0 aliphatic carbocycles. The monoisotopic (exact) mass is 395 g/mol. The Labute approximate surface area is 170 Å². The minimum Gasteiger partial charge on any atom is -0.496 e. The third-order valence-corrected chi connectivity index (χ3v) is 5.53. The maximum absolute atomic E-state index is 12.9. The Bertz CT molecular complexity index is 870. The zero-order chi connectivity index (χ0) is 20.2. The number of benzene rings is 1. The van der Waals surface area contributed by atoms with Gasteiger partial charge in [0.1, 0.15) is 11.9 Å². The number of pyridine rings is 1. The molecule has 0 N–H and O–H groups in total. The Hall–Kier alpha value is -2.93. The minimum absolute atomic E-state index is 0.0149. The van der Waals surface area contributed by atoms with E-state index in [0.29, 0.717) is 38.3 Å². The number of amides is 2. The summed E-state index contributed by atoms with van der Waals surface area (Å²) in [5.41, 5.74) is 2.46. The van der Waals surface area contributed by atoms with Gasteiger partial charge in [0, 0.05) is 56.3 Å². The van der Waals surface area contributed by atoms with Crippen molar-refractivity contribution >= 4 is 11.8 Å². The van der Waals surface area contributed by atoms with Gasteiger partial charge in [-0.05, 0) is 36.6 Å². The summed E-state index contributed by atoms with van der Waals surface area (Å²) in [7, 11) is 1.62. The first-order chi connectivity index (χ1) is 14.2. The summed E-state index contributed by atoms with van der Waals surface area (Å²) < 4.78 is 10.9. The van der Waals surface area contributed by atoms with E-state index in [0.717, 1.165) is 29.7 Å². The highest BCUT2D eigenvalue weighted by Crippen LogP contribution is 2.29. The fraction of sp³-hybridized carbons (Fsp3) is 0.409. The van der Waals surface area contributed by atoms with Crippen LogP contribution < -0.4 is 4.74 Å². The molecule has 1 atom stereocenters. The Morgan fingerprint density at radius 1 is 1.07 bits per heavy atom. The highest BCUT2D eigenvalue weighted by molar-refractivity contribution is 5.95. The maximum Gasteiger partial charge on any atom is 0.253 e. The first-order valence-electron chi connectivity index (χ1n) is 9.95. The van der Waals surface area contributed by atoms with Crippen molar-refractivity contribution in [2.24, 2.45) is 0 Å². The summed E-state index contributed by atoms with van der Waals surface area (Å²) in [4.78, 5) is 33.1. The fourth-order valence-corrected chi connectivity index (χ4v) is 3.86. The summed E-state index contributed by atoms with van der Waals surface area (Å²) in [5.74, 6) is 0.786. The van der Waals surface area contributed by atoms with E-state index in [-0.39, 0.29) is 17.9 Å². The first-order valence-corrected chi connectivity index (χ1v) is 9.95. The van der Waals surface area contributed by atoms with Crippen molar-refractivity contribution in [3.8, 4) is 16.9 Å². The van der Waals surface area contributed by atoms with Crippen LogP contribution in [0.15, 0.2) is 42.7 Å². The molecule has 2 fully saturated rings. The van der Waals surface area contributed by atoms with E-state index < -0.39 is 0 Å². The Kier molecular flexibility index (Phi) is 5.76. The van der Waals surface area contributed by atoms with Gasteiger partial charge in [-0.25, -0.2) is 0 Å². The van der Waals surface area contributed by atoms with Crippen LogP contribution in [-0.2, 0) is 9.53 Å². The van der Waals surface area contributed by atoms with Gasteiger partial charge in [0.2, 0.25) is 0 Å². The zero-order valence-electron chi connectivity index (χ0n) is 16.5. The number of hydrogen-bond donors (Lipinski definition) is 0. The van der Waals surface area contributed by atoms with Crippen molar-refractivity contribution in [2.45, 2.75) is 18.9 Å². The second-order valence-corrected chi connectivity index (χ2v) is 7.27. The zero-order valence-corrected chi connectivity index (χ0v) is 16.5. The summed E-state index contributed by atoms with van der Waals surface area (Å²) in [5, 5.41) is 0. The summed E-state index contributed by atoms with van der Waals surface area (Å²) in [6.07, 6.45) is 4.87. The lowest BCUT2D eigenvalue weighted by Crippen LogP contribution is -2.52. The molecule has 29 heavy (non-hydrogen) atoms. The number of aromatic nitrogens is 1. The highest BCUT2D eigenvalue weighted by atomic mass is 16.5. The Balaban J connectivity index is 1.38. The number of carbonyl (C=O) groups excluding carboxylic acids is 2. The van der Waals surface area contributed by atoms with E-state index in [4.69, 9.17) is 9.47 Å². The molecule has 0 unspecified atom stereocenters. The van der Waals surface area contributed by atoms with Crippen LogP contribution in [-0.4, -0.2) is 72.6 Å². The van der Waals surface area contributed by atoms with Gasteiger partial charge in [0.15, 0.2) is 0 Å². The SMILES string of the molecule is COc1ccncc1-c1ccc(C(=O)N2CCN(C(=O)[C@@H]3CCCO3)CC2)cc1. The summed E-state index contributed by atoms with van der Waals surface area (Å²) in [6, 6.07) is 9.28. The average Bonchev–Trinajstić information content (AvgIpc) is 3.33. The van der Waals surface area contributed by atoms with Crippen LogP contribution >= 0.6 is 0 Å². The predicted octanol–water partition coefficient (Wildman–Crippen LogP) is 2.22. The van der Waals surface area contributed by atoms with Crippen molar-refractivity contribution in [3.05, 3.63) is 48.3 Å². The molecule has 0 bridgehead atoms. The molecule has 0 saturated carbocycles. The normalized spacial score (nSPS) is 19.3. The number of nitrogens with zero attached hydrogens (tertiary/aromatic N) is 3. The third-order valence-electron chi connectivity index (χ3n) is 5.53. The molecule has 1 aromatic carbocycles. The lowest BCUT2D eigenvalue weighted by atomic mass is 10.0. The molecule has 2 amide bonds. The van der Waals surface area contributed by atoms with Crippen molar-refractivity contribution in [3.63, 3.8) is 0 Å². The minimum atomic E-state index is -0.297. The van der Waals surface area contributed by atoms with E-state index in [2.05, 4.69) is 4.98 Å². The number of ether oxygens (including phenoxy) is 2. The maximum atomic E-state index is 12.9. The lowest BCUT2D eigenvalue weighted by Gasteiger charge is -2.35. The van der Waals surface area contributed by atoms with Gasteiger partial charge in [-0.1, -0.05) is 12.1 Å². The van der Waals surface area contributed by atoms with Crippen LogP contribution in [0.25, 0.3) is 11.1 Å². The Morgan fingerprint density at radius 3 is 2.45 bits per heavy atom. The van der Waals surface area contributed by atoms with Gasteiger partial charge in [0.25, 0.3) is 11.8 Å². The quantitative estimate of drug-likeness (QED) is 0.794. The molecule has 7 nitrogen and oxygen atoms in total. The number of methoxy groups -OCH3 is 1. The molecule has 4 rings (SSSR count). The topological polar surface area (TPSA) is 72.0 Å². The number of rotatable bonds is 4. The van der Waals surface area contributed by atoms with Gasteiger partial charge in [-0.2, -0.15) is 0 Å². The summed E-state index contributed by atoms with van der Waals surface area (Å²) >= 11 is 0. The van der Waals surface area contributed by atoms with Crippen LogP contribution in [0, 0.1) is 0 Å². The van der Waals surface area contributed by atoms with Crippen LogP contribution in [0.5, 0.6) is 5.75 Å². The molecule has 152 valence electrons. The van der Waals surface area contributed by atoms with Crippen molar-refractivity contribution in [1.82, 2.24) is 14.8 Å². The van der Waals surface area contributed by atoms with Gasteiger partial charge in [0.05, 0.1) is 7.11 Å². The molecule has 7 heteroatoms. The van der Waals surface area contributed by atoms with Crippen LogP contribution in [0.4, 0.5) is 0 Å². The molecule has 2 aromatic rings. The molecular weight excluding hydrogens is 370 g/mol. The molecule has 0 spiro atoms. The van der Waals surface area contributed by atoms with E-state index >= 15 is 0 Å². The van der Waals surface area contributed by atoms with Gasteiger partial charge >= 0.3 is 0 Å². The predicted molar refractivity (Wildman–Crippen MR) is 108 cm³/mol. The molecule has 2 saturated heterocycles. The largest absolute Gasteiger partial charge is 0.496 e. The molecule has 3 heterocycles. The highest BCUT2D eigenvalue weighted by Gasteiger charge is 2.31. The summed E-state index contributed by atoms with van der Waals surface area (Å²) in [6.45, 7) is 2.84. The molecule has 1 aromatic heterocycles. The average molecular weight is 395 g/mol. The number of piperazine rings is 1. The molecular formula is C22H25N3O4. The third kappa shape index (κ3) is 4.10. The molecule has 2 aliphatic heterocycles. The second-order valence-electron chi connectivity index (χ2n) is 7.27. The standard InChI is InChI=1S/C22H25N3O4/c1-28-19-8-9-23-15-18(19)16-4-6-17(7-5-16)21(26)24-10-12-25(13-11-24)22(27)20-3-2-14-29-20/h4-9,15,20H,2-3,10-14H2,1H3/t20-/m0/s1. The fourth-order valence-electron chi connectivity index (χ4n) is 3.86. The van der Waals surface area contributed by atoms with E-state index in [1.165, 1.54) is 0 Å². The number of carbonyl (C=O) groups is 2. The van der Waals surface area contributed by atoms with Crippen LogP contribution in [0.3, 0.4) is 0 Å². The lowest BCUT2D eigenvalue weighted by molar-refractivity contribution is -0.142. The number of hydrogen-bond acceptors (Lipinski definition) is 5. The van der Waals surface area contributed by atoms with Crippen molar-refractivity contribution in [1.29, 1.82) is 0 Å². The molecule has 2 aliphatic rings. The Morgan fingerprint density at radius 2 is 1.79 bits per heavy atom. The smallest absolute Gasteiger partial charge is 0.253 e. The molecule has 0 radical (unpaired) electrons. The van der Waals surface area contributed by atoms with Crippen molar-refractivity contribution in [2.75, 3.05) is 39.9 Å². The van der Waals surface area contributed by atoms with Gasteiger partial charge in [-0.15, -0.1) is 0 Å². The van der Waals surface area contributed by atoms with Crippen LogP contribution in [0.2, 0.25) is 0 Å². The second kappa shape index (κ2) is 8.61. The van der Waals surface area contributed by atoms with E-state index in [1.807, 2.05) is 35.2 Å². The van der Waals surface area contributed by atoms with Gasteiger partial charge < -0.3 is 19.3 Å². The first kappa shape index (κ1) is 19.4. The van der Waals surface area contributed by atoms with Crippen molar-refractivity contribution < 1.29 is 19.1 Å². The van der Waals surface area contributed by atoms with E-state index in [1.54, 1.807) is 24.4 Å². The van der Waals surface area contributed by atoms with E-state index in [9.17, 15) is 9.59 Å². The van der Waals surface area contributed by atoms with Gasteiger partial charge in [-0.3, -0.25) is 14.6 Å².